The maximum atomic E-state index is 11.5. The van der Waals surface area contributed by atoms with Gasteiger partial charge in [0.15, 0.2) is 0 Å². The predicted molar refractivity (Wildman–Crippen MR) is 89.3 cm³/mol. The number of ether oxygens (including phenoxy) is 1. The molecule has 0 amide bonds. The van der Waals surface area contributed by atoms with Gasteiger partial charge < -0.3 is 4.74 Å². The molecular formula is C19H34O2. The zero-order valence-electron chi connectivity index (χ0n) is 14.0. The van der Waals surface area contributed by atoms with Crippen molar-refractivity contribution in [2.75, 3.05) is 6.61 Å². The summed E-state index contributed by atoms with van der Waals surface area (Å²) in [4.78, 5) is 11.5. The van der Waals surface area contributed by atoms with E-state index < -0.39 is 0 Å². The Labute approximate surface area is 131 Å². The minimum absolute atomic E-state index is 0.233. The lowest BCUT2D eigenvalue weighted by atomic mass is 9.75. The third kappa shape index (κ3) is 7.68. The van der Waals surface area contributed by atoms with Crippen LogP contribution in [-0.4, -0.2) is 12.6 Å². The van der Waals surface area contributed by atoms with Gasteiger partial charge in [-0.25, -0.2) is 4.79 Å². The van der Waals surface area contributed by atoms with Crippen molar-refractivity contribution in [3.05, 3.63) is 12.7 Å². The van der Waals surface area contributed by atoms with Crippen molar-refractivity contribution < 1.29 is 9.53 Å². The van der Waals surface area contributed by atoms with E-state index in [0.29, 0.717) is 6.61 Å². The Bertz CT molecular complexity index is 286. The molecule has 0 bridgehead atoms. The Morgan fingerprint density at radius 2 is 1.67 bits per heavy atom. The molecule has 0 N–H and O–H groups in total. The van der Waals surface area contributed by atoms with Gasteiger partial charge in [0.25, 0.3) is 0 Å². The molecule has 0 heterocycles. The van der Waals surface area contributed by atoms with Gasteiger partial charge in [-0.15, -0.1) is 0 Å². The van der Waals surface area contributed by atoms with E-state index in [-0.39, 0.29) is 11.4 Å². The van der Waals surface area contributed by atoms with Crippen molar-refractivity contribution in [3.63, 3.8) is 0 Å². The summed E-state index contributed by atoms with van der Waals surface area (Å²) in [6.07, 6.45) is 18.2. The quantitative estimate of drug-likeness (QED) is 0.321. The number of carbonyl (C=O) groups is 1. The molecule has 1 saturated carbocycles. The lowest BCUT2D eigenvalue weighted by molar-refractivity contribution is -0.142. The number of esters is 1. The molecule has 2 nitrogen and oxygen atoms in total. The molecule has 0 aliphatic heterocycles. The van der Waals surface area contributed by atoms with E-state index in [4.69, 9.17) is 4.74 Å². The maximum Gasteiger partial charge on any atom is 0.330 e. The van der Waals surface area contributed by atoms with E-state index in [1.54, 1.807) is 0 Å². The lowest BCUT2D eigenvalue weighted by Gasteiger charge is -2.33. The second-order valence-corrected chi connectivity index (χ2v) is 6.74. The summed E-state index contributed by atoms with van der Waals surface area (Å²) in [7, 11) is 0. The van der Waals surface area contributed by atoms with Crippen LogP contribution >= 0.6 is 0 Å². The zero-order valence-corrected chi connectivity index (χ0v) is 14.0. The molecule has 0 radical (unpaired) electrons. The van der Waals surface area contributed by atoms with Crippen LogP contribution in [0.3, 0.4) is 0 Å². The third-order valence-corrected chi connectivity index (χ3v) is 4.91. The first-order valence-corrected chi connectivity index (χ1v) is 9.02. The molecule has 1 aliphatic carbocycles. The maximum absolute atomic E-state index is 11.5. The molecule has 1 rings (SSSR count). The number of rotatable bonds is 8. The predicted octanol–water partition coefficient (Wildman–Crippen LogP) is 5.81. The highest BCUT2D eigenvalue weighted by atomic mass is 16.5. The Morgan fingerprint density at radius 1 is 1.05 bits per heavy atom. The first-order valence-electron chi connectivity index (χ1n) is 9.02. The molecule has 2 heteroatoms. The van der Waals surface area contributed by atoms with E-state index >= 15 is 0 Å². The summed E-state index contributed by atoms with van der Waals surface area (Å²) < 4.78 is 5.47. The summed E-state index contributed by atoms with van der Waals surface area (Å²) in [6, 6.07) is 0. The molecule has 0 saturated heterocycles. The van der Waals surface area contributed by atoms with Crippen LogP contribution < -0.4 is 0 Å². The average molecular weight is 294 g/mol. The van der Waals surface area contributed by atoms with Crippen LogP contribution in [0, 0.1) is 5.41 Å². The van der Waals surface area contributed by atoms with Gasteiger partial charge in [0.1, 0.15) is 0 Å². The van der Waals surface area contributed by atoms with Crippen molar-refractivity contribution in [2.24, 2.45) is 5.41 Å². The van der Waals surface area contributed by atoms with Gasteiger partial charge in [0.2, 0.25) is 0 Å². The average Bonchev–Trinajstić information content (AvgIpc) is 2.62. The van der Waals surface area contributed by atoms with Gasteiger partial charge in [-0.1, -0.05) is 77.7 Å². The van der Waals surface area contributed by atoms with Crippen LogP contribution in [0.2, 0.25) is 0 Å². The Morgan fingerprint density at radius 3 is 2.24 bits per heavy atom. The van der Waals surface area contributed by atoms with E-state index in [2.05, 4.69) is 13.5 Å². The molecule has 0 aromatic carbocycles. The first-order chi connectivity index (χ1) is 10.2. The van der Waals surface area contributed by atoms with E-state index in [9.17, 15) is 4.79 Å². The van der Waals surface area contributed by atoms with Crippen LogP contribution in [0.4, 0.5) is 0 Å². The third-order valence-electron chi connectivity index (χ3n) is 4.91. The van der Waals surface area contributed by atoms with E-state index in [0.717, 1.165) is 0 Å². The van der Waals surface area contributed by atoms with Gasteiger partial charge in [0, 0.05) is 11.5 Å². The second kappa shape index (κ2) is 10.9. The fraction of sp³-hybridized carbons (Fsp3) is 0.842. The SMILES string of the molecule is C=CC(=O)OCC1(CCCCCC)CCCCCCCC1. The van der Waals surface area contributed by atoms with Crippen LogP contribution in [0.15, 0.2) is 12.7 Å². The molecule has 21 heavy (non-hydrogen) atoms. The molecule has 122 valence electrons. The minimum Gasteiger partial charge on any atom is -0.462 e. The van der Waals surface area contributed by atoms with Gasteiger partial charge in [0.05, 0.1) is 6.61 Å². The smallest absolute Gasteiger partial charge is 0.330 e. The highest BCUT2D eigenvalue weighted by molar-refractivity contribution is 5.81. The fourth-order valence-electron chi connectivity index (χ4n) is 3.51. The second-order valence-electron chi connectivity index (χ2n) is 6.74. The van der Waals surface area contributed by atoms with E-state index in [1.807, 2.05) is 0 Å². The van der Waals surface area contributed by atoms with Crippen LogP contribution in [0.1, 0.15) is 90.4 Å². The van der Waals surface area contributed by atoms with Crippen molar-refractivity contribution >= 4 is 5.97 Å². The summed E-state index contributed by atoms with van der Waals surface area (Å²) in [5, 5.41) is 0. The molecular weight excluding hydrogens is 260 g/mol. The number of hydrogen-bond acceptors (Lipinski definition) is 2. The normalized spacial score (nSPS) is 19.1. The summed E-state index contributed by atoms with van der Waals surface area (Å²) in [5.74, 6) is -0.261. The van der Waals surface area contributed by atoms with Gasteiger partial charge in [-0.2, -0.15) is 0 Å². The monoisotopic (exact) mass is 294 g/mol. The first kappa shape index (κ1) is 18.3. The molecule has 0 atom stereocenters. The van der Waals surface area contributed by atoms with Crippen LogP contribution in [-0.2, 0) is 9.53 Å². The topological polar surface area (TPSA) is 26.3 Å². The highest BCUT2D eigenvalue weighted by Gasteiger charge is 2.30. The Kier molecular flexibility index (Phi) is 9.45. The van der Waals surface area contributed by atoms with Crippen molar-refractivity contribution in [3.8, 4) is 0 Å². The zero-order chi connectivity index (χ0) is 15.4. The van der Waals surface area contributed by atoms with Crippen molar-refractivity contribution in [1.82, 2.24) is 0 Å². The van der Waals surface area contributed by atoms with Crippen LogP contribution in [0.25, 0.3) is 0 Å². The molecule has 1 fully saturated rings. The van der Waals surface area contributed by atoms with Crippen LogP contribution in [0.5, 0.6) is 0 Å². The Hall–Kier alpha value is -0.790. The van der Waals surface area contributed by atoms with Gasteiger partial charge in [-0.3, -0.25) is 0 Å². The Balaban J connectivity index is 2.59. The summed E-state index contributed by atoms with van der Waals surface area (Å²) >= 11 is 0. The summed E-state index contributed by atoms with van der Waals surface area (Å²) in [6.45, 7) is 6.36. The number of carbonyl (C=O) groups excluding carboxylic acids is 1. The van der Waals surface area contributed by atoms with Gasteiger partial charge in [-0.05, 0) is 19.3 Å². The van der Waals surface area contributed by atoms with E-state index in [1.165, 1.54) is 89.5 Å². The molecule has 1 aliphatic rings. The molecule has 0 unspecified atom stereocenters. The number of unbranched alkanes of at least 4 members (excludes halogenated alkanes) is 3. The van der Waals surface area contributed by atoms with Crippen molar-refractivity contribution in [2.45, 2.75) is 90.4 Å². The molecule has 0 aromatic rings. The fourth-order valence-corrected chi connectivity index (χ4v) is 3.51. The highest BCUT2D eigenvalue weighted by Crippen LogP contribution is 2.38. The molecule has 0 aromatic heterocycles. The summed E-state index contributed by atoms with van der Waals surface area (Å²) in [5.41, 5.74) is 0.233. The largest absolute Gasteiger partial charge is 0.462 e. The van der Waals surface area contributed by atoms with Crippen molar-refractivity contribution in [1.29, 1.82) is 0 Å². The molecule has 0 spiro atoms. The number of hydrogen-bond donors (Lipinski definition) is 0. The standard InChI is InChI=1S/C19H34O2/c1-3-5-6-11-14-19(17-21-18(20)4-2)15-12-9-7-8-10-13-16-19/h4H,2-3,5-17H2,1H3. The lowest BCUT2D eigenvalue weighted by Crippen LogP contribution is -2.28. The minimum atomic E-state index is -0.261. The van der Waals surface area contributed by atoms with Gasteiger partial charge >= 0.3 is 5.97 Å².